The molecule has 0 bridgehead atoms. The number of carbonyl (C=O) groups excluding carboxylic acids is 1. The van der Waals surface area contributed by atoms with Gasteiger partial charge in [-0.05, 0) is 54.8 Å². The Morgan fingerprint density at radius 3 is 2.83 bits per heavy atom. The fraction of sp³-hybridized carbons (Fsp3) is 0.227. The van der Waals surface area contributed by atoms with Gasteiger partial charge in [0.1, 0.15) is 11.5 Å². The van der Waals surface area contributed by atoms with E-state index in [2.05, 4.69) is 25.5 Å². The molecule has 1 aliphatic heterocycles. The monoisotopic (exact) mass is 420 g/mol. The second kappa shape index (κ2) is 8.20. The van der Waals surface area contributed by atoms with Crippen LogP contribution in [0, 0.1) is 13.8 Å². The van der Waals surface area contributed by atoms with E-state index >= 15 is 0 Å². The van der Waals surface area contributed by atoms with Crippen molar-refractivity contribution in [1.82, 2.24) is 15.3 Å². The number of hydrogen-bond donors (Lipinski definition) is 2. The molecule has 3 aromatic rings. The minimum Gasteiger partial charge on any atom is -0.384 e. The third-order valence-corrected chi connectivity index (χ3v) is 5.27. The molecule has 0 aliphatic carbocycles. The first-order valence-electron chi connectivity index (χ1n) is 9.56. The number of nitrogen functional groups attached to an aromatic ring is 1. The lowest BCUT2D eigenvalue weighted by atomic mass is 10.0. The zero-order valence-corrected chi connectivity index (χ0v) is 17.5. The summed E-state index contributed by atoms with van der Waals surface area (Å²) in [6.07, 6.45) is 2.67. The number of nitrogens with one attached hydrogen (secondary N) is 1. The second-order valence-corrected chi connectivity index (χ2v) is 7.79. The van der Waals surface area contributed by atoms with Gasteiger partial charge >= 0.3 is 0 Å². The summed E-state index contributed by atoms with van der Waals surface area (Å²) >= 11 is 6.04. The molecule has 0 unspecified atom stereocenters. The van der Waals surface area contributed by atoms with Crippen molar-refractivity contribution >= 4 is 45.7 Å². The number of pyridine rings is 2. The average Bonchev–Trinajstić information content (AvgIpc) is 3.15. The van der Waals surface area contributed by atoms with Crippen molar-refractivity contribution < 1.29 is 4.79 Å². The van der Waals surface area contributed by atoms with Gasteiger partial charge in [0.25, 0.3) is 5.91 Å². The first-order valence-corrected chi connectivity index (χ1v) is 9.94. The molecule has 1 amide bonds. The Morgan fingerprint density at radius 2 is 2.03 bits per heavy atom. The smallest absolute Gasteiger partial charge is 0.268 e. The fourth-order valence-corrected chi connectivity index (χ4v) is 3.71. The van der Waals surface area contributed by atoms with E-state index in [9.17, 15) is 4.79 Å². The first kappa shape index (κ1) is 20.0. The SMILES string of the molecule is Cc1cc(N)nc(C)c1CNC(=O)C1=NN=C(Cc2ccc3ncc(Cl)cc3c2)C1. The van der Waals surface area contributed by atoms with Crippen LogP contribution in [0.2, 0.25) is 5.02 Å². The Morgan fingerprint density at radius 1 is 1.20 bits per heavy atom. The lowest BCUT2D eigenvalue weighted by Crippen LogP contribution is -2.31. The van der Waals surface area contributed by atoms with Crippen molar-refractivity contribution in [3.05, 3.63) is 63.9 Å². The zero-order chi connectivity index (χ0) is 21.3. The summed E-state index contributed by atoms with van der Waals surface area (Å²) in [5.74, 6) is 0.254. The molecular weight excluding hydrogens is 400 g/mol. The lowest BCUT2D eigenvalue weighted by molar-refractivity contribution is -0.115. The van der Waals surface area contributed by atoms with E-state index in [0.29, 0.717) is 35.9 Å². The molecule has 0 fully saturated rings. The Balaban J connectivity index is 1.36. The molecule has 3 heterocycles. The largest absolute Gasteiger partial charge is 0.384 e. The van der Waals surface area contributed by atoms with Crippen molar-refractivity contribution in [1.29, 1.82) is 0 Å². The van der Waals surface area contributed by atoms with Crippen molar-refractivity contribution in [3.63, 3.8) is 0 Å². The maximum Gasteiger partial charge on any atom is 0.268 e. The van der Waals surface area contributed by atoms with Gasteiger partial charge in [-0.3, -0.25) is 9.78 Å². The number of nitrogens with zero attached hydrogens (tertiary/aromatic N) is 4. The quantitative estimate of drug-likeness (QED) is 0.658. The number of amides is 1. The number of fused-ring (bicyclic) bond motifs is 1. The number of anilines is 1. The summed E-state index contributed by atoms with van der Waals surface area (Å²) in [4.78, 5) is 21.1. The van der Waals surface area contributed by atoms with Crippen LogP contribution in [0.3, 0.4) is 0 Å². The Labute approximate surface area is 179 Å². The molecule has 0 atom stereocenters. The molecule has 0 radical (unpaired) electrons. The van der Waals surface area contributed by atoms with Gasteiger partial charge < -0.3 is 11.1 Å². The summed E-state index contributed by atoms with van der Waals surface area (Å²) in [5.41, 5.74) is 11.7. The molecule has 3 N–H and O–H groups in total. The van der Waals surface area contributed by atoms with Crippen molar-refractivity contribution in [2.24, 2.45) is 10.2 Å². The highest BCUT2D eigenvalue weighted by atomic mass is 35.5. The van der Waals surface area contributed by atoms with Crippen molar-refractivity contribution in [3.8, 4) is 0 Å². The van der Waals surface area contributed by atoms with Gasteiger partial charge in [-0.25, -0.2) is 4.98 Å². The number of rotatable bonds is 5. The van der Waals surface area contributed by atoms with Crippen LogP contribution in [0.25, 0.3) is 10.9 Å². The van der Waals surface area contributed by atoms with Crippen LogP contribution >= 0.6 is 11.6 Å². The van der Waals surface area contributed by atoms with Gasteiger partial charge in [0, 0.05) is 36.7 Å². The van der Waals surface area contributed by atoms with E-state index in [0.717, 1.165) is 39.0 Å². The minimum atomic E-state index is -0.223. The third-order valence-electron chi connectivity index (χ3n) is 5.07. The number of nitrogens with two attached hydrogens (primary N) is 1. The maximum atomic E-state index is 12.5. The Hall–Kier alpha value is -3.32. The van der Waals surface area contributed by atoms with Crippen LogP contribution < -0.4 is 11.1 Å². The van der Waals surface area contributed by atoms with E-state index in [1.165, 1.54) is 0 Å². The molecule has 152 valence electrons. The predicted molar refractivity (Wildman–Crippen MR) is 120 cm³/mol. The molecule has 30 heavy (non-hydrogen) atoms. The normalized spacial score (nSPS) is 13.3. The minimum absolute atomic E-state index is 0.223. The van der Waals surface area contributed by atoms with E-state index < -0.39 is 0 Å². The van der Waals surface area contributed by atoms with E-state index in [-0.39, 0.29) is 5.91 Å². The number of aryl methyl sites for hydroxylation is 2. The van der Waals surface area contributed by atoms with Crippen molar-refractivity contribution in [2.75, 3.05) is 5.73 Å². The fourth-order valence-electron chi connectivity index (χ4n) is 3.54. The highest BCUT2D eigenvalue weighted by molar-refractivity contribution is 6.43. The molecule has 7 nitrogen and oxygen atoms in total. The summed E-state index contributed by atoms with van der Waals surface area (Å²) in [6.45, 7) is 4.20. The Kier molecular flexibility index (Phi) is 5.46. The van der Waals surface area contributed by atoms with E-state index in [1.54, 1.807) is 12.3 Å². The predicted octanol–water partition coefficient (Wildman–Crippen LogP) is 3.54. The van der Waals surface area contributed by atoms with Gasteiger partial charge in [0.05, 0.1) is 16.3 Å². The van der Waals surface area contributed by atoms with E-state index in [4.69, 9.17) is 17.3 Å². The van der Waals surface area contributed by atoms with Crippen LogP contribution in [0.15, 0.2) is 46.7 Å². The topological polar surface area (TPSA) is 106 Å². The summed E-state index contributed by atoms with van der Waals surface area (Å²) in [7, 11) is 0. The van der Waals surface area contributed by atoms with Gasteiger partial charge in [0.2, 0.25) is 0 Å². The maximum absolute atomic E-state index is 12.5. The number of hydrogen-bond acceptors (Lipinski definition) is 6. The Bertz CT molecular complexity index is 1190. The molecule has 0 spiro atoms. The average molecular weight is 421 g/mol. The first-order chi connectivity index (χ1) is 14.4. The molecule has 0 saturated carbocycles. The molecule has 4 rings (SSSR count). The van der Waals surface area contributed by atoms with Crippen LogP contribution in [0.4, 0.5) is 5.82 Å². The third kappa shape index (κ3) is 4.31. The molecule has 0 saturated heterocycles. The van der Waals surface area contributed by atoms with Gasteiger partial charge in [-0.15, -0.1) is 5.10 Å². The number of halogens is 1. The van der Waals surface area contributed by atoms with Crippen LogP contribution in [-0.4, -0.2) is 27.3 Å². The number of carbonyl (C=O) groups is 1. The van der Waals surface area contributed by atoms with Gasteiger partial charge in [0.15, 0.2) is 0 Å². The van der Waals surface area contributed by atoms with Crippen LogP contribution in [-0.2, 0) is 17.8 Å². The van der Waals surface area contributed by atoms with E-state index in [1.807, 2.05) is 38.1 Å². The molecule has 8 heteroatoms. The van der Waals surface area contributed by atoms with Crippen LogP contribution in [0.1, 0.15) is 28.8 Å². The van der Waals surface area contributed by atoms with Crippen molar-refractivity contribution in [2.45, 2.75) is 33.2 Å². The van der Waals surface area contributed by atoms with Gasteiger partial charge in [-0.1, -0.05) is 17.7 Å². The molecular formula is C22H21ClN6O. The summed E-state index contributed by atoms with van der Waals surface area (Å²) in [5, 5.41) is 12.8. The number of benzene rings is 1. The summed E-state index contributed by atoms with van der Waals surface area (Å²) < 4.78 is 0. The standard InChI is InChI=1S/C22H21ClN6O/c1-12-5-21(24)27-13(2)18(12)11-26-22(30)20-9-17(28-29-20)7-14-3-4-19-15(6-14)8-16(23)10-25-19/h3-6,8,10H,7,9,11H2,1-2H3,(H2,24,27)(H,26,30). The van der Waals surface area contributed by atoms with Crippen LogP contribution in [0.5, 0.6) is 0 Å². The highest BCUT2D eigenvalue weighted by Gasteiger charge is 2.20. The highest BCUT2D eigenvalue weighted by Crippen LogP contribution is 2.20. The van der Waals surface area contributed by atoms with Gasteiger partial charge in [-0.2, -0.15) is 5.10 Å². The second-order valence-electron chi connectivity index (χ2n) is 7.36. The molecule has 1 aromatic carbocycles. The molecule has 2 aromatic heterocycles. The molecule has 1 aliphatic rings. The summed E-state index contributed by atoms with van der Waals surface area (Å²) in [6, 6.07) is 9.68. The number of aromatic nitrogens is 2. The lowest BCUT2D eigenvalue weighted by Gasteiger charge is -2.11. The zero-order valence-electron chi connectivity index (χ0n) is 16.7.